The van der Waals surface area contributed by atoms with E-state index < -0.39 is 52.7 Å². The molecule has 0 aliphatic carbocycles. The summed E-state index contributed by atoms with van der Waals surface area (Å²) in [6.45, 7) is 1.25. The summed E-state index contributed by atoms with van der Waals surface area (Å²) in [7, 11) is 0. The van der Waals surface area contributed by atoms with Crippen LogP contribution < -0.4 is 10.9 Å². The summed E-state index contributed by atoms with van der Waals surface area (Å²) in [5.41, 5.74) is 0.420. The van der Waals surface area contributed by atoms with Crippen LogP contribution in [0.1, 0.15) is 34.5 Å². The van der Waals surface area contributed by atoms with E-state index in [1.807, 2.05) is 0 Å². The lowest BCUT2D eigenvalue weighted by molar-refractivity contribution is -0.143. The minimum Gasteiger partial charge on any atom is -0.271 e. The third-order valence-corrected chi connectivity index (χ3v) is 5.02. The molecule has 1 aromatic heterocycles. The molecule has 1 heterocycles. The number of hydrazine groups is 1. The standard InChI is InChI=1S/C19H12Cl2F6N6O2/c1-8(16(34)29-30-17(35)13-3-2-12(20)7-14(13)21)33-31-15(28-32-33)9-4-10(18(22,23)24)6-11(5-9)19(25,26)27/h2-8H,1H3,(H,29,34)(H,30,35)/t8-/m0/s1. The van der Waals surface area contributed by atoms with Crippen molar-refractivity contribution in [1.82, 2.24) is 31.1 Å². The van der Waals surface area contributed by atoms with Gasteiger partial charge in [-0.2, -0.15) is 31.1 Å². The molecule has 0 aliphatic heterocycles. The highest BCUT2D eigenvalue weighted by Gasteiger charge is 2.37. The lowest BCUT2D eigenvalue weighted by Gasteiger charge is -2.13. The van der Waals surface area contributed by atoms with Crippen molar-refractivity contribution < 1.29 is 35.9 Å². The Bertz CT molecular complexity index is 1250. The normalized spacial score (nSPS) is 12.8. The number of aromatic nitrogens is 4. The zero-order chi connectivity index (χ0) is 26.1. The number of hydrogen-bond acceptors (Lipinski definition) is 5. The molecule has 8 nitrogen and oxygen atoms in total. The van der Waals surface area contributed by atoms with E-state index in [1.54, 1.807) is 0 Å². The van der Waals surface area contributed by atoms with Gasteiger partial charge in [0.1, 0.15) is 0 Å². The van der Waals surface area contributed by atoms with Gasteiger partial charge in [-0.05, 0) is 48.5 Å². The van der Waals surface area contributed by atoms with Crippen molar-refractivity contribution >= 4 is 35.0 Å². The molecule has 0 saturated heterocycles. The average Bonchev–Trinajstić information content (AvgIpc) is 3.25. The van der Waals surface area contributed by atoms with Gasteiger partial charge in [0.25, 0.3) is 11.8 Å². The summed E-state index contributed by atoms with van der Waals surface area (Å²) < 4.78 is 78.5. The van der Waals surface area contributed by atoms with Crippen molar-refractivity contribution in [2.24, 2.45) is 0 Å². The highest BCUT2D eigenvalue weighted by molar-refractivity contribution is 6.36. The van der Waals surface area contributed by atoms with E-state index in [4.69, 9.17) is 23.2 Å². The van der Waals surface area contributed by atoms with E-state index >= 15 is 0 Å². The van der Waals surface area contributed by atoms with Crippen molar-refractivity contribution in [2.45, 2.75) is 25.3 Å². The Balaban J connectivity index is 1.77. The third kappa shape index (κ3) is 6.19. The molecule has 2 amide bonds. The second-order valence-electron chi connectivity index (χ2n) is 6.97. The first-order valence-electron chi connectivity index (χ1n) is 9.31. The quantitative estimate of drug-likeness (QED) is 0.368. The zero-order valence-corrected chi connectivity index (χ0v) is 18.7. The van der Waals surface area contributed by atoms with Crippen LogP contribution >= 0.6 is 23.2 Å². The van der Waals surface area contributed by atoms with Gasteiger partial charge < -0.3 is 0 Å². The smallest absolute Gasteiger partial charge is 0.271 e. The average molecular weight is 541 g/mol. The first-order chi connectivity index (χ1) is 16.2. The molecule has 0 radical (unpaired) electrons. The lowest BCUT2D eigenvalue weighted by atomic mass is 10.0. The number of nitrogens with one attached hydrogen (secondary N) is 2. The van der Waals surface area contributed by atoms with Gasteiger partial charge in [-0.15, -0.1) is 10.2 Å². The zero-order valence-electron chi connectivity index (χ0n) is 17.2. The van der Waals surface area contributed by atoms with E-state index in [0.717, 1.165) is 0 Å². The van der Waals surface area contributed by atoms with Crippen molar-refractivity contribution in [3.8, 4) is 11.4 Å². The molecule has 1 atom stereocenters. The molecule has 0 spiro atoms. The van der Waals surface area contributed by atoms with E-state index in [0.29, 0.717) is 16.9 Å². The number of halogens is 8. The largest absolute Gasteiger partial charge is 0.416 e. The number of carbonyl (C=O) groups excluding carboxylic acids is 2. The maximum absolute atomic E-state index is 13.1. The monoisotopic (exact) mass is 540 g/mol. The van der Waals surface area contributed by atoms with Gasteiger partial charge >= 0.3 is 12.4 Å². The van der Waals surface area contributed by atoms with E-state index in [2.05, 4.69) is 26.3 Å². The molecule has 0 unspecified atom stereocenters. The molecule has 16 heteroatoms. The number of benzene rings is 2. The molecular weight excluding hydrogens is 529 g/mol. The predicted molar refractivity (Wildman–Crippen MR) is 110 cm³/mol. The van der Waals surface area contributed by atoms with Crippen LogP contribution in [0, 0.1) is 0 Å². The van der Waals surface area contributed by atoms with Crippen LogP contribution in [-0.2, 0) is 17.1 Å². The molecule has 0 fully saturated rings. The molecule has 0 bridgehead atoms. The summed E-state index contributed by atoms with van der Waals surface area (Å²) in [6.07, 6.45) is -10.1. The van der Waals surface area contributed by atoms with Gasteiger partial charge in [0, 0.05) is 10.6 Å². The SMILES string of the molecule is C[C@@H](C(=O)NNC(=O)c1ccc(Cl)cc1Cl)n1nnc(-c2cc(C(F)(F)F)cc(C(F)(F)F)c2)n1. The number of amides is 2. The summed E-state index contributed by atoms with van der Waals surface area (Å²) in [5, 5.41) is 11.0. The highest BCUT2D eigenvalue weighted by Crippen LogP contribution is 2.38. The van der Waals surface area contributed by atoms with Gasteiger partial charge in [0.05, 0.1) is 21.7 Å². The Kier molecular flexibility index (Phi) is 7.26. The maximum atomic E-state index is 13.1. The number of carbonyl (C=O) groups is 2. The molecule has 2 N–H and O–H groups in total. The van der Waals surface area contributed by atoms with Gasteiger partial charge in [0.15, 0.2) is 6.04 Å². The Hall–Kier alpha value is -3.39. The van der Waals surface area contributed by atoms with Crippen LogP contribution in [-0.4, -0.2) is 32.0 Å². The van der Waals surface area contributed by atoms with Gasteiger partial charge in [0.2, 0.25) is 5.82 Å². The predicted octanol–water partition coefficient (Wildman–Crippen LogP) is 4.71. The van der Waals surface area contributed by atoms with Crippen LogP contribution in [0.3, 0.4) is 0 Å². The summed E-state index contributed by atoms with van der Waals surface area (Å²) >= 11 is 11.7. The van der Waals surface area contributed by atoms with Crippen LogP contribution in [0.25, 0.3) is 11.4 Å². The fourth-order valence-corrected chi connectivity index (χ4v) is 3.15. The number of hydrogen-bond donors (Lipinski definition) is 2. The molecule has 0 aliphatic rings. The number of nitrogens with zero attached hydrogens (tertiary/aromatic N) is 4. The highest BCUT2D eigenvalue weighted by atomic mass is 35.5. The maximum Gasteiger partial charge on any atom is 0.416 e. The van der Waals surface area contributed by atoms with Crippen LogP contribution in [0.15, 0.2) is 36.4 Å². The number of alkyl halides is 6. The summed E-state index contributed by atoms with van der Waals surface area (Å²) in [5.74, 6) is -2.26. The lowest BCUT2D eigenvalue weighted by Crippen LogP contribution is -2.44. The Labute approximate surface area is 202 Å². The Morgan fingerprint density at radius 3 is 2.09 bits per heavy atom. The number of tetrazole rings is 1. The minimum atomic E-state index is -5.07. The first kappa shape index (κ1) is 26.2. The van der Waals surface area contributed by atoms with Gasteiger partial charge in [-0.3, -0.25) is 20.4 Å². The Morgan fingerprint density at radius 2 is 1.54 bits per heavy atom. The molecular formula is C19H12Cl2F6N6O2. The van der Waals surface area contributed by atoms with Crippen molar-refractivity contribution in [1.29, 1.82) is 0 Å². The van der Waals surface area contributed by atoms with Crippen molar-refractivity contribution in [3.63, 3.8) is 0 Å². The van der Waals surface area contributed by atoms with E-state index in [9.17, 15) is 35.9 Å². The van der Waals surface area contributed by atoms with Crippen molar-refractivity contribution in [2.75, 3.05) is 0 Å². The topological polar surface area (TPSA) is 102 Å². The minimum absolute atomic E-state index is 0.00444. The molecule has 186 valence electrons. The number of rotatable bonds is 4. The second kappa shape index (κ2) is 9.70. The fraction of sp³-hybridized carbons (Fsp3) is 0.211. The van der Waals surface area contributed by atoms with Gasteiger partial charge in [-0.25, -0.2) is 0 Å². The van der Waals surface area contributed by atoms with Crippen LogP contribution in [0.4, 0.5) is 26.3 Å². The second-order valence-corrected chi connectivity index (χ2v) is 7.82. The molecule has 3 rings (SSSR count). The van der Waals surface area contributed by atoms with Crippen LogP contribution in [0.5, 0.6) is 0 Å². The Morgan fingerprint density at radius 1 is 0.943 bits per heavy atom. The van der Waals surface area contributed by atoms with E-state index in [1.165, 1.54) is 25.1 Å². The fourth-order valence-electron chi connectivity index (χ4n) is 2.66. The van der Waals surface area contributed by atoms with Crippen LogP contribution in [0.2, 0.25) is 10.0 Å². The first-order valence-corrected chi connectivity index (χ1v) is 10.1. The molecule has 3 aromatic rings. The van der Waals surface area contributed by atoms with Gasteiger partial charge in [-0.1, -0.05) is 23.2 Å². The summed E-state index contributed by atoms with van der Waals surface area (Å²) in [4.78, 5) is 25.1. The summed E-state index contributed by atoms with van der Waals surface area (Å²) in [6, 6.07) is 3.55. The van der Waals surface area contributed by atoms with E-state index in [-0.39, 0.29) is 21.7 Å². The molecule has 0 saturated carbocycles. The third-order valence-electron chi connectivity index (χ3n) is 4.47. The van der Waals surface area contributed by atoms with Crippen molar-refractivity contribution in [3.05, 3.63) is 63.1 Å². The molecule has 2 aromatic carbocycles. The molecule has 35 heavy (non-hydrogen) atoms.